The predicted molar refractivity (Wildman–Crippen MR) is 34.1 cm³/mol. The summed E-state index contributed by atoms with van der Waals surface area (Å²) in [4.78, 5) is 20.1. The number of carbonyl (C=O) groups excluding carboxylic acids is 2. The molecule has 4 nitrogen and oxygen atoms in total. The summed E-state index contributed by atoms with van der Waals surface area (Å²) >= 11 is 0. The molecule has 0 spiro atoms. The summed E-state index contributed by atoms with van der Waals surface area (Å²) in [6, 6.07) is 0. The van der Waals surface area contributed by atoms with Gasteiger partial charge < -0.3 is 19.8 Å². The normalized spacial score (nSPS) is 9.45. The van der Waals surface area contributed by atoms with Crippen molar-refractivity contribution in [3.63, 3.8) is 0 Å². The molecule has 0 fully saturated rings. The molecular formula is C6H8MgO4. The number of rotatable bonds is 3. The molecule has 0 saturated carbocycles. The first-order chi connectivity index (χ1) is 4.46. The van der Waals surface area contributed by atoms with Crippen molar-refractivity contribution in [3.05, 3.63) is 0 Å². The molecule has 0 aliphatic heterocycles. The van der Waals surface area contributed by atoms with Gasteiger partial charge in [-0.1, -0.05) is 13.8 Å². The number of hydrogen-bond acceptors (Lipinski definition) is 4. The van der Waals surface area contributed by atoms with Crippen LogP contribution in [0.15, 0.2) is 0 Å². The number of aliphatic carboxylic acids is 2. The van der Waals surface area contributed by atoms with Crippen LogP contribution in [-0.4, -0.2) is 35.0 Å². The van der Waals surface area contributed by atoms with E-state index in [9.17, 15) is 19.8 Å². The SMILES string of the molecule is CC(C)C(C(=O)[O-])C(=O)[O-].[Mg+2]. The van der Waals surface area contributed by atoms with Crippen LogP contribution in [0, 0.1) is 11.8 Å². The third kappa shape index (κ3) is 4.21. The van der Waals surface area contributed by atoms with Crippen molar-refractivity contribution in [2.24, 2.45) is 11.8 Å². The molecule has 5 heteroatoms. The van der Waals surface area contributed by atoms with E-state index in [4.69, 9.17) is 0 Å². The van der Waals surface area contributed by atoms with E-state index < -0.39 is 23.8 Å². The Kier molecular flexibility index (Phi) is 6.49. The Balaban J connectivity index is 0. The molecule has 0 rings (SSSR count). The Morgan fingerprint density at radius 3 is 1.36 bits per heavy atom. The zero-order chi connectivity index (χ0) is 8.31. The van der Waals surface area contributed by atoms with E-state index in [0.717, 1.165) is 0 Å². The van der Waals surface area contributed by atoms with Gasteiger partial charge in [-0.05, 0) is 5.92 Å². The Labute approximate surface area is 80.7 Å². The van der Waals surface area contributed by atoms with Gasteiger partial charge in [0, 0.05) is 5.92 Å². The van der Waals surface area contributed by atoms with Crippen LogP contribution in [0.2, 0.25) is 0 Å². The average Bonchev–Trinajstić information content (AvgIpc) is 1.59. The first-order valence-electron chi connectivity index (χ1n) is 2.88. The number of carbonyl (C=O) groups is 2. The summed E-state index contributed by atoms with van der Waals surface area (Å²) in [6.45, 7) is 2.96. The molecule has 0 radical (unpaired) electrons. The molecule has 0 amide bonds. The Hall–Kier alpha value is -0.294. The molecular weight excluding hydrogens is 160 g/mol. The van der Waals surface area contributed by atoms with Crippen LogP contribution in [0.3, 0.4) is 0 Å². The van der Waals surface area contributed by atoms with Gasteiger partial charge in [0.15, 0.2) is 0 Å². The summed E-state index contributed by atoms with van der Waals surface area (Å²) in [6.07, 6.45) is 0. The molecule has 0 aromatic carbocycles. The van der Waals surface area contributed by atoms with Gasteiger partial charge in [-0.2, -0.15) is 0 Å². The van der Waals surface area contributed by atoms with Gasteiger partial charge in [0.2, 0.25) is 0 Å². The van der Waals surface area contributed by atoms with Gasteiger partial charge in [0.1, 0.15) is 0 Å². The van der Waals surface area contributed by atoms with E-state index in [0.29, 0.717) is 0 Å². The van der Waals surface area contributed by atoms with Gasteiger partial charge in [-0.15, -0.1) is 0 Å². The molecule has 11 heavy (non-hydrogen) atoms. The third-order valence-electron chi connectivity index (χ3n) is 1.17. The molecule has 0 atom stereocenters. The maximum absolute atomic E-state index is 10.1. The molecule has 0 unspecified atom stereocenters. The van der Waals surface area contributed by atoms with Crippen LogP contribution in [0.5, 0.6) is 0 Å². The smallest absolute Gasteiger partial charge is 0.549 e. The van der Waals surface area contributed by atoms with E-state index in [-0.39, 0.29) is 23.1 Å². The zero-order valence-electron chi connectivity index (χ0n) is 6.49. The van der Waals surface area contributed by atoms with Crippen molar-refractivity contribution in [2.75, 3.05) is 0 Å². The zero-order valence-corrected chi connectivity index (χ0v) is 7.91. The van der Waals surface area contributed by atoms with Crippen LogP contribution in [-0.2, 0) is 9.59 Å². The second-order valence-electron chi connectivity index (χ2n) is 2.36. The molecule has 0 heterocycles. The molecule has 58 valence electrons. The molecule has 0 N–H and O–H groups in total. The average molecular weight is 168 g/mol. The van der Waals surface area contributed by atoms with Crippen molar-refractivity contribution in [2.45, 2.75) is 13.8 Å². The van der Waals surface area contributed by atoms with Gasteiger partial charge >= 0.3 is 23.1 Å². The maximum atomic E-state index is 10.1. The minimum absolute atomic E-state index is 0. The summed E-state index contributed by atoms with van der Waals surface area (Å²) < 4.78 is 0. The van der Waals surface area contributed by atoms with Crippen LogP contribution in [0.4, 0.5) is 0 Å². The molecule has 0 saturated heterocycles. The molecule has 0 aliphatic carbocycles. The molecule has 0 aromatic heterocycles. The van der Waals surface area contributed by atoms with E-state index in [1.165, 1.54) is 13.8 Å². The summed E-state index contributed by atoms with van der Waals surface area (Å²) in [5.74, 6) is -5.17. The van der Waals surface area contributed by atoms with Gasteiger partial charge in [-0.3, -0.25) is 0 Å². The third-order valence-corrected chi connectivity index (χ3v) is 1.17. The summed E-state index contributed by atoms with van der Waals surface area (Å²) in [5, 5.41) is 20.1. The summed E-state index contributed by atoms with van der Waals surface area (Å²) in [5.41, 5.74) is 0. The fourth-order valence-corrected chi connectivity index (χ4v) is 0.641. The van der Waals surface area contributed by atoms with Crippen LogP contribution < -0.4 is 10.2 Å². The van der Waals surface area contributed by atoms with Crippen molar-refractivity contribution >= 4 is 35.0 Å². The van der Waals surface area contributed by atoms with Crippen LogP contribution >= 0.6 is 0 Å². The van der Waals surface area contributed by atoms with Gasteiger partial charge in [0.25, 0.3) is 0 Å². The first kappa shape index (κ1) is 13.3. The standard InChI is InChI=1S/C6H10O4.Mg/c1-3(2)4(5(7)8)6(9)10;/h3-4H,1-2H3,(H,7,8)(H,9,10);/q;+2/p-2. The van der Waals surface area contributed by atoms with Crippen LogP contribution in [0.25, 0.3) is 0 Å². The maximum Gasteiger partial charge on any atom is 2.00 e. The van der Waals surface area contributed by atoms with Crippen LogP contribution in [0.1, 0.15) is 13.8 Å². The Bertz CT molecular complexity index is 141. The van der Waals surface area contributed by atoms with Crippen molar-refractivity contribution in [3.8, 4) is 0 Å². The second-order valence-corrected chi connectivity index (χ2v) is 2.36. The Morgan fingerprint density at radius 2 is 1.36 bits per heavy atom. The number of hydrogen-bond donors (Lipinski definition) is 0. The molecule has 0 aromatic rings. The minimum Gasteiger partial charge on any atom is -0.549 e. The summed E-state index contributed by atoms with van der Waals surface area (Å²) in [7, 11) is 0. The quantitative estimate of drug-likeness (QED) is 0.341. The largest absolute Gasteiger partial charge is 2.00 e. The van der Waals surface area contributed by atoms with E-state index >= 15 is 0 Å². The second kappa shape index (κ2) is 5.37. The van der Waals surface area contributed by atoms with E-state index in [1.807, 2.05) is 0 Å². The first-order valence-corrected chi connectivity index (χ1v) is 2.88. The predicted octanol–water partition coefficient (Wildman–Crippen LogP) is -2.62. The van der Waals surface area contributed by atoms with Gasteiger partial charge in [-0.25, -0.2) is 0 Å². The van der Waals surface area contributed by atoms with Gasteiger partial charge in [0.05, 0.1) is 11.9 Å². The molecule has 0 aliphatic rings. The monoisotopic (exact) mass is 168 g/mol. The number of carboxylic acid groups (broad SMARTS) is 2. The van der Waals surface area contributed by atoms with Crippen molar-refractivity contribution < 1.29 is 19.8 Å². The Morgan fingerprint density at radius 1 is 1.09 bits per heavy atom. The van der Waals surface area contributed by atoms with E-state index in [2.05, 4.69) is 0 Å². The van der Waals surface area contributed by atoms with Crippen molar-refractivity contribution in [1.29, 1.82) is 0 Å². The molecule has 0 bridgehead atoms. The fourth-order valence-electron chi connectivity index (χ4n) is 0.641. The fraction of sp³-hybridized carbons (Fsp3) is 0.667. The van der Waals surface area contributed by atoms with Crippen molar-refractivity contribution in [1.82, 2.24) is 0 Å². The number of carboxylic acids is 2. The minimum atomic E-state index is -1.59. The topological polar surface area (TPSA) is 80.3 Å². The van der Waals surface area contributed by atoms with E-state index in [1.54, 1.807) is 0 Å².